The summed E-state index contributed by atoms with van der Waals surface area (Å²) in [5.41, 5.74) is 4.49. The van der Waals surface area contributed by atoms with Crippen LogP contribution < -0.4 is 15.5 Å². The number of aromatic hydroxyl groups is 1. The molecule has 0 aliphatic heterocycles. The molecule has 0 saturated heterocycles. The fourth-order valence-corrected chi connectivity index (χ4v) is 4.57. The molecule has 5 aromatic carbocycles. The number of carbonyl (C=O) groups excluding carboxylic acids is 2. The molecule has 7 nitrogen and oxygen atoms in total. The molecule has 1 atom stereocenters. The van der Waals surface area contributed by atoms with Crippen LogP contribution in [0.4, 0.5) is 0 Å². The van der Waals surface area contributed by atoms with Gasteiger partial charge in [0.05, 0.1) is 17.3 Å². The molecular formula is C32H26ClN3O4. The Labute approximate surface area is 236 Å². The number of fused-ring (bicyclic) bond motifs is 2. The third kappa shape index (κ3) is 6.06. The molecule has 5 aromatic rings. The average Bonchev–Trinajstić information content (AvgIpc) is 2.97. The summed E-state index contributed by atoms with van der Waals surface area (Å²) in [5, 5.41) is 20.6. The maximum Gasteiger partial charge on any atom is 0.271 e. The van der Waals surface area contributed by atoms with Gasteiger partial charge in [0.25, 0.3) is 11.8 Å². The number of hydrogen-bond donors (Lipinski definition) is 3. The van der Waals surface area contributed by atoms with Gasteiger partial charge in [-0.1, -0.05) is 72.3 Å². The molecule has 0 aromatic heterocycles. The molecule has 40 heavy (non-hydrogen) atoms. The molecule has 3 N–H and O–H groups in total. The lowest BCUT2D eigenvalue weighted by molar-refractivity contribution is -0.123. The minimum absolute atomic E-state index is 0.0787. The van der Waals surface area contributed by atoms with Crippen LogP contribution in [0.1, 0.15) is 34.5 Å². The highest BCUT2D eigenvalue weighted by atomic mass is 35.5. The van der Waals surface area contributed by atoms with Gasteiger partial charge in [0.15, 0.2) is 6.61 Å². The van der Waals surface area contributed by atoms with Crippen molar-refractivity contribution in [3.63, 3.8) is 0 Å². The second-order valence-corrected chi connectivity index (χ2v) is 9.66. The summed E-state index contributed by atoms with van der Waals surface area (Å²) in [6.45, 7) is 1.81. The van der Waals surface area contributed by atoms with E-state index in [2.05, 4.69) is 40.1 Å². The Morgan fingerprint density at radius 3 is 2.48 bits per heavy atom. The number of phenolic OH excluding ortho intramolecular Hbond substituents is 1. The van der Waals surface area contributed by atoms with Crippen LogP contribution in [-0.4, -0.2) is 29.7 Å². The average molecular weight is 552 g/mol. The van der Waals surface area contributed by atoms with E-state index in [0.717, 1.165) is 32.7 Å². The zero-order valence-corrected chi connectivity index (χ0v) is 22.4. The van der Waals surface area contributed by atoms with E-state index >= 15 is 0 Å². The molecular weight excluding hydrogens is 526 g/mol. The standard InChI is InChI=1S/C32H26ClN3O4/c1-20(22-11-10-21-6-2-3-7-23(21)16-22)35-31(38)19-40-30-15-13-25(26-8-4-5-9-27(26)30)18-34-36-32(39)24-12-14-29(37)28(33)17-24/h2-18,20,37H,19H2,1H3,(H,35,38)(H,36,39)/t20-/m0/s1. The van der Waals surface area contributed by atoms with Crippen molar-refractivity contribution in [2.75, 3.05) is 6.61 Å². The molecule has 0 fully saturated rings. The molecule has 200 valence electrons. The van der Waals surface area contributed by atoms with Crippen LogP contribution in [0.25, 0.3) is 21.5 Å². The summed E-state index contributed by atoms with van der Waals surface area (Å²) in [4.78, 5) is 25.1. The Morgan fingerprint density at radius 2 is 1.68 bits per heavy atom. The predicted octanol–water partition coefficient (Wildman–Crippen LogP) is 6.37. The molecule has 0 aliphatic rings. The van der Waals surface area contributed by atoms with Gasteiger partial charge in [0, 0.05) is 16.5 Å². The number of nitrogens with one attached hydrogen (secondary N) is 2. The van der Waals surface area contributed by atoms with Crippen molar-refractivity contribution in [3.8, 4) is 11.5 Å². The fraction of sp³-hybridized carbons (Fsp3) is 0.0938. The zero-order chi connectivity index (χ0) is 28.1. The Hall–Kier alpha value is -4.88. The molecule has 0 saturated carbocycles. The number of benzene rings is 5. The van der Waals surface area contributed by atoms with E-state index in [4.69, 9.17) is 16.3 Å². The molecule has 0 unspecified atom stereocenters. The second-order valence-electron chi connectivity index (χ2n) is 9.25. The summed E-state index contributed by atoms with van der Waals surface area (Å²) in [6.07, 6.45) is 1.53. The predicted molar refractivity (Wildman–Crippen MR) is 158 cm³/mol. The number of hydrazone groups is 1. The first-order chi connectivity index (χ1) is 19.4. The van der Waals surface area contributed by atoms with Crippen LogP contribution in [0.15, 0.2) is 102 Å². The van der Waals surface area contributed by atoms with Gasteiger partial charge in [0.1, 0.15) is 11.5 Å². The lowest BCUT2D eigenvalue weighted by Crippen LogP contribution is -2.31. The Bertz CT molecular complexity index is 1750. The first-order valence-corrected chi connectivity index (χ1v) is 13.0. The molecule has 0 radical (unpaired) electrons. The Morgan fingerprint density at radius 1 is 0.925 bits per heavy atom. The van der Waals surface area contributed by atoms with E-state index < -0.39 is 5.91 Å². The molecule has 0 heterocycles. The van der Waals surface area contributed by atoms with Crippen LogP contribution in [0.3, 0.4) is 0 Å². The third-order valence-electron chi connectivity index (χ3n) is 6.51. The second kappa shape index (κ2) is 11.9. The van der Waals surface area contributed by atoms with E-state index in [1.165, 1.54) is 24.4 Å². The summed E-state index contributed by atoms with van der Waals surface area (Å²) in [5.74, 6) is -0.241. The highest BCUT2D eigenvalue weighted by molar-refractivity contribution is 6.32. The van der Waals surface area contributed by atoms with Gasteiger partial charge < -0.3 is 15.2 Å². The van der Waals surface area contributed by atoms with E-state index in [-0.39, 0.29) is 34.9 Å². The first kappa shape index (κ1) is 26.7. The van der Waals surface area contributed by atoms with Gasteiger partial charge in [-0.25, -0.2) is 5.43 Å². The van der Waals surface area contributed by atoms with Crippen molar-refractivity contribution in [2.24, 2.45) is 5.10 Å². The van der Waals surface area contributed by atoms with Crippen molar-refractivity contribution in [2.45, 2.75) is 13.0 Å². The van der Waals surface area contributed by atoms with E-state index in [1.807, 2.05) is 49.4 Å². The van der Waals surface area contributed by atoms with E-state index in [9.17, 15) is 14.7 Å². The summed E-state index contributed by atoms with van der Waals surface area (Å²) in [6, 6.07) is 29.4. The van der Waals surface area contributed by atoms with Crippen molar-refractivity contribution >= 4 is 51.2 Å². The number of hydrogen-bond acceptors (Lipinski definition) is 5. The minimum atomic E-state index is -0.466. The molecule has 0 spiro atoms. The number of carbonyl (C=O) groups is 2. The Balaban J connectivity index is 1.23. The van der Waals surface area contributed by atoms with Gasteiger partial charge in [-0.3, -0.25) is 9.59 Å². The minimum Gasteiger partial charge on any atom is -0.506 e. The third-order valence-corrected chi connectivity index (χ3v) is 6.81. The van der Waals surface area contributed by atoms with Crippen LogP contribution >= 0.6 is 11.6 Å². The molecule has 5 rings (SSSR count). The van der Waals surface area contributed by atoms with Crippen molar-refractivity contribution < 1.29 is 19.4 Å². The van der Waals surface area contributed by atoms with E-state index in [0.29, 0.717) is 5.75 Å². The van der Waals surface area contributed by atoms with Crippen LogP contribution in [0, 0.1) is 0 Å². The molecule has 8 heteroatoms. The smallest absolute Gasteiger partial charge is 0.271 e. The number of nitrogens with zero attached hydrogens (tertiary/aromatic N) is 1. The number of phenols is 1. The van der Waals surface area contributed by atoms with Crippen molar-refractivity contribution in [1.82, 2.24) is 10.7 Å². The first-order valence-electron chi connectivity index (χ1n) is 12.6. The topological polar surface area (TPSA) is 100 Å². The summed E-state index contributed by atoms with van der Waals surface area (Å²) < 4.78 is 5.91. The molecule has 0 aliphatic carbocycles. The number of halogens is 1. The number of ether oxygens (including phenoxy) is 1. The van der Waals surface area contributed by atoms with Crippen LogP contribution in [0.2, 0.25) is 5.02 Å². The van der Waals surface area contributed by atoms with Gasteiger partial charge in [-0.05, 0) is 65.0 Å². The maximum absolute atomic E-state index is 12.7. The molecule has 0 bridgehead atoms. The summed E-state index contributed by atoms with van der Waals surface area (Å²) >= 11 is 5.88. The summed E-state index contributed by atoms with van der Waals surface area (Å²) in [7, 11) is 0. The largest absolute Gasteiger partial charge is 0.506 e. The number of amides is 2. The lowest BCUT2D eigenvalue weighted by atomic mass is 10.0. The van der Waals surface area contributed by atoms with Gasteiger partial charge in [0.2, 0.25) is 0 Å². The van der Waals surface area contributed by atoms with Gasteiger partial charge in [-0.15, -0.1) is 0 Å². The van der Waals surface area contributed by atoms with Crippen LogP contribution in [-0.2, 0) is 4.79 Å². The highest BCUT2D eigenvalue weighted by Gasteiger charge is 2.13. The van der Waals surface area contributed by atoms with Crippen molar-refractivity contribution in [1.29, 1.82) is 0 Å². The van der Waals surface area contributed by atoms with E-state index in [1.54, 1.807) is 12.1 Å². The fourth-order valence-electron chi connectivity index (χ4n) is 4.39. The van der Waals surface area contributed by atoms with Gasteiger partial charge in [-0.2, -0.15) is 5.10 Å². The number of rotatable bonds is 8. The van der Waals surface area contributed by atoms with Gasteiger partial charge >= 0.3 is 0 Å². The quantitative estimate of drug-likeness (QED) is 0.154. The highest BCUT2D eigenvalue weighted by Crippen LogP contribution is 2.28. The monoisotopic (exact) mass is 551 g/mol. The maximum atomic E-state index is 12.7. The van der Waals surface area contributed by atoms with Crippen LogP contribution in [0.5, 0.6) is 11.5 Å². The SMILES string of the molecule is C[C@H](NC(=O)COc1ccc(C=NNC(=O)c2ccc(O)c(Cl)c2)c2ccccc12)c1ccc2ccccc2c1. The zero-order valence-electron chi connectivity index (χ0n) is 21.6. The van der Waals surface area contributed by atoms with Crippen molar-refractivity contribution in [3.05, 3.63) is 119 Å². The lowest BCUT2D eigenvalue weighted by Gasteiger charge is -2.16. The Kier molecular flexibility index (Phi) is 7.94. The normalized spacial score (nSPS) is 11.9. The molecule has 2 amide bonds.